The minimum Gasteiger partial charge on any atom is -0.495 e. The maximum absolute atomic E-state index is 13.3. The molecule has 2 aromatic carbocycles. The number of benzene rings is 2. The fourth-order valence-corrected chi connectivity index (χ4v) is 3.74. The Balaban J connectivity index is 1.83. The van der Waals surface area contributed by atoms with E-state index in [9.17, 15) is 14.4 Å². The van der Waals surface area contributed by atoms with Gasteiger partial charge in [-0.2, -0.15) is 5.10 Å². The molecule has 7 heteroatoms. The number of hydrogen-bond acceptors (Lipinski definition) is 6. The van der Waals surface area contributed by atoms with Gasteiger partial charge in [0.05, 0.1) is 18.5 Å². The predicted octanol–water partition coefficient (Wildman–Crippen LogP) is 2.33. The average Bonchev–Trinajstić information content (AvgIpc) is 3.19. The molecule has 7 nitrogen and oxygen atoms in total. The molecule has 142 valence electrons. The van der Waals surface area contributed by atoms with Gasteiger partial charge in [-0.25, -0.2) is 4.90 Å². The largest absolute Gasteiger partial charge is 0.495 e. The Morgan fingerprint density at radius 3 is 2.50 bits per heavy atom. The summed E-state index contributed by atoms with van der Waals surface area (Å²) in [6.45, 7) is 3.29. The highest BCUT2D eigenvalue weighted by Crippen LogP contribution is 2.40. The van der Waals surface area contributed by atoms with Crippen LogP contribution in [0.3, 0.4) is 0 Å². The Kier molecular flexibility index (Phi) is 4.22. The summed E-state index contributed by atoms with van der Waals surface area (Å²) in [7, 11) is 1.48. The van der Waals surface area contributed by atoms with E-state index in [2.05, 4.69) is 5.10 Å². The van der Waals surface area contributed by atoms with Crippen LogP contribution in [0.5, 0.6) is 5.75 Å². The number of Topliss-reactive ketones (excluding diaryl/α,β-unsaturated/α-hetero) is 1. The van der Waals surface area contributed by atoms with Gasteiger partial charge in [-0.15, -0.1) is 0 Å². The van der Waals surface area contributed by atoms with E-state index in [0.717, 1.165) is 10.5 Å². The van der Waals surface area contributed by atoms with E-state index < -0.39 is 23.8 Å². The summed E-state index contributed by atoms with van der Waals surface area (Å²) in [5.74, 6) is -1.75. The second kappa shape index (κ2) is 6.60. The first-order valence-electron chi connectivity index (χ1n) is 8.90. The SMILES string of the molecule is COc1ccccc1N1C(=O)C2C(C(C)=O)=NN(c3cccc(C)c3)C2C1=O. The Bertz CT molecular complexity index is 1030. The molecule has 0 bridgehead atoms. The number of ketones is 1. The highest BCUT2D eigenvalue weighted by Gasteiger charge is 2.58. The first kappa shape index (κ1) is 17.9. The van der Waals surface area contributed by atoms with Crippen LogP contribution in [-0.4, -0.2) is 36.5 Å². The van der Waals surface area contributed by atoms with Crippen molar-refractivity contribution in [3.05, 3.63) is 54.1 Å². The van der Waals surface area contributed by atoms with Gasteiger partial charge >= 0.3 is 0 Å². The van der Waals surface area contributed by atoms with Crippen LogP contribution in [0.4, 0.5) is 11.4 Å². The standard InChI is InChI=1S/C21H19N3O4/c1-12-7-6-8-14(11-12)24-19-17(18(22-24)13(2)25)20(26)23(21(19)27)15-9-4-5-10-16(15)28-3/h4-11,17,19H,1-3H3. The first-order chi connectivity index (χ1) is 13.4. The van der Waals surface area contributed by atoms with Crippen LogP contribution < -0.4 is 14.6 Å². The number of anilines is 2. The van der Waals surface area contributed by atoms with Gasteiger partial charge in [0.2, 0.25) is 5.91 Å². The molecule has 0 radical (unpaired) electrons. The van der Waals surface area contributed by atoms with Crippen LogP contribution in [0.15, 0.2) is 53.6 Å². The van der Waals surface area contributed by atoms with Gasteiger partial charge in [0.15, 0.2) is 5.78 Å². The highest BCUT2D eigenvalue weighted by molar-refractivity contribution is 6.49. The van der Waals surface area contributed by atoms with Gasteiger partial charge in [0.25, 0.3) is 5.91 Å². The summed E-state index contributed by atoms with van der Waals surface area (Å²) in [4.78, 5) is 39.8. The summed E-state index contributed by atoms with van der Waals surface area (Å²) < 4.78 is 5.32. The lowest BCUT2D eigenvalue weighted by Gasteiger charge is -2.23. The highest BCUT2D eigenvalue weighted by atomic mass is 16.5. The molecular weight excluding hydrogens is 358 g/mol. The number of imide groups is 1. The summed E-state index contributed by atoms with van der Waals surface area (Å²) in [5.41, 5.74) is 2.11. The molecule has 0 aromatic heterocycles. The quantitative estimate of drug-likeness (QED) is 0.764. The van der Waals surface area contributed by atoms with E-state index in [-0.39, 0.29) is 11.5 Å². The lowest BCUT2D eigenvalue weighted by Crippen LogP contribution is -2.39. The molecule has 0 spiro atoms. The van der Waals surface area contributed by atoms with Crippen molar-refractivity contribution >= 4 is 34.7 Å². The van der Waals surface area contributed by atoms with Crippen molar-refractivity contribution in [3.63, 3.8) is 0 Å². The monoisotopic (exact) mass is 377 g/mol. The number of carbonyl (C=O) groups excluding carboxylic acids is 3. The minimum atomic E-state index is -0.935. The molecule has 0 N–H and O–H groups in total. The number of hydrogen-bond donors (Lipinski definition) is 0. The molecule has 2 aliphatic rings. The molecule has 1 saturated heterocycles. The zero-order valence-corrected chi connectivity index (χ0v) is 15.7. The number of hydrazone groups is 1. The van der Waals surface area contributed by atoms with Gasteiger partial charge in [-0.3, -0.25) is 19.4 Å². The topological polar surface area (TPSA) is 79.3 Å². The number of rotatable bonds is 4. The maximum atomic E-state index is 13.3. The van der Waals surface area contributed by atoms with E-state index in [4.69, 9.17) is 4.74 Å². The summed E-state index contributed by atoms with van der Waals surface area (Å²) in [6.07, 6.45) is 0. The molecule has 4 rings (SSSR count). The van der Waals surface area contributed by atoms with E-state index in [1.807, 2.05) is 25.1 Å². The van der Waals surface area contributed by atoms with Gasteiger partial charge in [0.1, 0.15) is 23.4 Å². The first-order valence-corrected chi connectivity index (χ1v) is 8.90. The lowest BCUT2D eigenvalue weighted by atomic mass is 9.95. The van der Waals surface area contributed by atoms with Crippen molar-refractivity contribution in [3.8, 4) is 5.75 Å². The molecular formula is C21H19N3O4. The number of fused-ring (bicyclic) bond motifs is 1. The van der Waals surface area contributed by atoms with Crippen LogP contribution in [0.1, 0.15) is 12.5 Å². The number of ether oxygens (including phenoxy) is 1. The maximum Gasteiger partial charge on any atom is 0.260 e. The molecule has 2 amide bonds. The normalized spacial score (nSPS) is 21.0. The van der Waals surface area contributed by atoms with Crippen LogP contribution >= 0.6 is 0 Å². The molecule has 2 aromatic rings. The van der Waals surface area contributed by atoms with E-state index in [1.165, 1.54) is 19.0 Å². The molecule has 1 fully saturated rings. The van der Waals surface area contributed by atoms with Crippen molar-refractivity contribution in [2.24, 2.45) is 11.0 Å². The van der Waals surface area contributed by atoms with Crippen LogP contribution in [0, 0.1) is 12.8 Å². The molecule has 2 unspecified atom stereocenters. The van der Waals surface area contributed by atoms with Crippen molar-refractivity contribution in [2.45, 2.75) is 19.9 Å². The fourth-order valence-electron chi connectivity index (χ4n) is 3.74. The molecule has 2 atom stereocenters. The number of nitrogens with zero attached hydrogens (tertiary/aromatic N) is 3. The molecule has 0 aliphatic carbocycles. The molecule has 28 heavy (non-hydrogen) atoms. The number of para-hydroxylation sites is 2. The number of methoxy groups -OCH3 is 1. The third-order valence-electron chi connectivity index (χ3n) is 5.00. The van der Waals surface area contributed by atoms with Gasteiger partial charge in [-0.1, -0.05) is 24.3 Å². The Morgan fingerprint density at radius 2 is 1.82 bits per heavy atom. The Hall–Kier alpha value is -3.48. The lowest BCUT2D eigenvalue weighted by molar-refractivity contribution is -0.122. The number of aryl methyl sites for hydroxylation is 1. The van der Waals surface area contributed by atoms with Crippen LogP contribution in [0.2, 0.25) is 0 Å². The summed E-state index contributed by atoms with van der Waals surface area (Å²) in [5, 5.41) is 5.85. The third-order valence-corrected chi connectivity index (χ3v) is 5.00. The van der Waals surface area contributed by atoms with Crippen LogP contribution in [-0.2, 0) is 14.4 Å². The van der Waals surface area contributed by atoms with E-state index in [1.54, 1.807) is 30.3 Å². The van der Waals surface area contributed by atoms with Crippen LogP contribution in [0.25, 0.3) is 0 Å². The second-order valence-corrected chi connectivity index (χ2v) is 6.83. The van der Waals surface area contributed by atoms with Gasteiger partial charge in [-0.05, 0) is 36.8 Å². The summed E-state index contributed by atoms with van der Waals surface area (Å²) in [6, 6.07) is 13.4. The number of carbonyl (C=O) groups is 3. The van der Waals surface area contributed by atoms with Gasteiger partial charge in [0, 0.05) is 6.92 Å². The Morgan fingerprint density at radius 1 is 1.07 bits per heavy atom. The third kappa shape index (κ3) is 2.58. The number of amides is 2. The van der Waals surface area contributed by atoms with E-state index in [0.29, 0.717) is 17.1 Å². The average molecular weight is 377 g/mol. The summed E-state index contributed by atoms with van der Waals surface area (Å²) >= 11 is 0. The molecule has 0 saturated carbocycles. The van der Waals surface area contributed by atoms with Gasteiger partial charge < -0.3 is 4.74 Å². The second-order valence-electron chi connectivity index (χ2n) is 6.83. The fraction of sp³-hybridized carbons (Fsp3) is 0.238. The van der Waals surface area contributed by atoms with Crippen molar-refractivity contribution in [1.82, 2.24) is 0 Å². The minimum absolute atomic E-state index is 0.0993. The van der Waals surface area contributed by atoms with E-state index >= 15 is 0 Å². The zero-order chi connectivity index (χ0) is 20.0. The predicted molar refractivity (Wildman–Crippen MR) is 105 cm³/mol. The zero-order valence-electron chi connectivity index (χ0n) is 15.7. The Labute approximate surface area is 162 Å². The molecule has 2 heterocycles. The van der Waals surface area contributed by atoms with Crippen molar-refractivity contribution < 1.29 is 19.1 Å². The van der Waals surface area contributed by atoms with Crippen molar-refractivity contribution in [1.29, 1.82) is 0 Å². The smallest absolute Gasteiger partial charge is 0.260 e. The molecule has 2 aliphatic heterocycles. The van der Waals surface area contributed by atoms with Crippen molar-refractivity contribution in [2.75, 3.05) is 17.0 Å².